The van der Waals surface area contributed by atoms with Crippen molar-refractivity contribution in [3.63, 3.8) is 0 Å². The smallest absolute Gasteiger partial charge is 0.318 e. The highest BCUT2D eigenvalue weighted by Crippen LogP contribution is 2.71. The Hall–Kier alpha value is -2.17. The van der Waals surface area contributed by atoms with Crippen LogP contribution in [0.1, 0.15) is 37.4 Å². The topological polar surface area (TPSA) is 65.3 Å². The van der Waals surface area contributed by atoms with Gasteiger partial charge in [-0.3, -0.25) is 4.48 Å². The molecule has 6 heterocycles. The van der Waals surface area contributed by atoms with E-state index in [1.165, 1.54) is 34.9 Å². The maximum atomic E-state index is 9.24. The highest BCUT2D eigenvalue weighted by molar-refractivity contribution is 5.53. The van der Waals surface area contributed by atoms with Crippen LogP contribution in [0, 0.1) is 18.3 Å². The van der Waals surface area contributed by atoms with Gasteiger partial charge in [-0.15, -0.1) is 0 Å². The summed E-state index contributed by atoms with van der Waals surface area (Å²) in [5.74, 6) is 1.06. The van der Waals surface area contributed by atoms with Crippen LogP contribution in [0.2, 0.25) is 0 Å². The van der Waals surface area contributed by atoms with Gasteiger partial charge in [0.05, 0.1) is 31.2 Å². The number of likely N-dealkylation sites (N-methyl/N-ethyl adjacent to an activating group) is 1. The van der Waals surface area contributed by atoms with Gasteiger partial charge < -0.3 is 14.5 Å². The van der Waals surface area contributed by atoms with E-state index in [0.717, 1.165) is 43.6 Å². The number of ether oxygens (including phenoxy) is 1. The number of piperazine rings is 1. The molecule has 158 valence electrons. The highest BCUT2D eigenvalue weighted by Gasteiger charge is 2.91. The number of hydrogen-bond acceptors (Lipinski definition) is 6. The molecular weight excluding hydrogens is 376 g/mol. The van der Waals surface area contributed by atoms with E-state index < -0.39 is 0 Å². The van der Waals surface area contributed by atoms with Crippen molar-refractivity contribution in [1.29, 1.82) is 5.26 Å². The van der Waals surface area contributed by atoms with Gasteiger partial charge in [0.15, 0.2) is 12.1 Å². The third-order valence-corrected chi connectivity index (χ3v) is 8.70. The molecule has 1 spiro atoms. The maximum Gasteiger partial charge on any atom is 0.318 e. The number of nitriles is 1. The Bertz CT molecular complexity index is 969. The second kappa shape index (κ2) is 6.41. The minimum Gasteiger partial charge on any atom is -0.462 e. The normalized spacial score (nSPS) is 39.6. The van der Waals surface area contributed by atoms with Crippen LogP contribution in [-0.4, -0.2) is 82.8 Å². The molecule has 3 unspecified atom stereocenters. The fraction of sp³-hybridized carbons (Fsp3) is 0.696. The standard InChI is InChI=1S/C23H31N6O/c1-4-17-14(2)25-23(30-13-15-6-5-9-27(15)3)26-22(17)28-11-16-10-19-21-18(7-8-24)20(12-28)29(16,19)21/h7,15-16,19-21H,4-6,9-13H2,1-3H3/q+1/b18-7+/t15-,16+,19?,20?,21?,29-/m0/s1. The Labute approximate surface area is 178 Å². The first-order chi connectivity index (χ1) is 14.6. The molecular formula is C23H31N6O+. The number of allylic oxidation sites excluding steroid dienone is 1. The van der Waals surface area contributed by atoms with Crippen molar-refractivity contribution >= 4 is 5.82 Å². The predicted molar refractivity (Wildman–Crippen MR) is 113 cm³/mol. The summed E-state index contributed by atoms with van der Waals surface area (Å²) in [5.41, 5.74) is 3.65. The summed E-state index contributed by atoms with van der Waals surface area (Å²) in [5, 5.41) is 9.24. The average molecular weight is 408 g/mol. The van der Waals surface area contributed by atoms with E-state index in [0.29, 0.717) is 36.8 Å². The van der Waals surface area contributed by atoms with E-state index in [1.807, 2.05) is 6.08 Å². The molecule has 0 amide bonds. The molecule has 6 atom stereocenters. The zero-order valence-electron chi connectivity index (χ0n) is 18.2. The molecule has 1 aromatic heterocycles. The lowest BCUT2D eigenvalue weighted by atomic mass is 9.88. The average Bonchev–Trinajstić information content (AvgIpc) is 2.99. The fourth-order valence-corrected chi connectivity index (χ4v) is 7.19. The van der Waals surface area contributed by atoms with Gasteiger partial charge in [0.1, 0.15) is 24.5 Å². The lowest BCUT2D eigenvalue weighted by molar-refractivity contribution is -0.927. The number of likely N-dealkylation sites (tertiary alicyclic amines) is 1. The van der Waals surface area contributed by atoms with Gasteiger partial charge in [-0.05, 0) is 39.8 Å². The molecule has 6 rings (SSSR count). The van der Waals surface area contributed by atoms with Gasteiger partial charge in [-0.1, -0.05) is 6.92 Å². The molecule has 5 saturated heterocycles. The van der Waals surface area contributed by atoms with Crippen molar-refractivity contribution in [2.45, 2.75) is 69.7 Å². The van der Waals surface area contributed by atoms with Crippen LogP contribution in [0.3, 0.4) is 0 Å². The van der Waals surface area contributed by atoms with Crippen LogP contribution in [0.5, 0.6) is 6.01 Å². The Kier molecular flexibility index (Phi) is 3.97. The SMILES string of the molecule is CCc1c(C)nc(OC[C@@H]2CCCN2C)nc1N1CC2/C(=C\C#N)C3C4C[C@H](C1)[N@@+]243. The second-order valence-electron chi connectivity index (χ2n) is 9.83. The number of hydrogen-bond donors (Lipinski definition) is 0. The molecule has 5 aliphatic heterocycles. The lowest BCUT2D eigenvalue weighted by Crippen LogP contribution is -2.72. The summed E-state index contributed by atoms with van der Waals surface area (Å²) in [6.45, 7) is 8.10. The molecule has 30 heavy (non-hydrogen) atoms. The second-order valence-corrected chi connectivity index (χ2v) is 9.83. The van der Waals surface area contributed by atoms with Crippen molar-refractivity contribution in [2.24, 2.45) is 0 Å². The van der Waals surface area contributed by atoms with Crippen LogP contribution in [0.15, 0.2) is 11.6 Å². The van der Waals surface area contributed by atoms with E-state index in [2.05, 4.69) is 36.8 Å². The Morgan fingerprint density at radius 1 is 1.33 bits per heavy atom. The van der Waals surface area contributed by atoms with Crippen LogP contribution < -0.4 is 9.64 Å². The third-order valence-electron chi connectivity index (χ3n) is 8.70. The molecule has 7 nitrogen and oxygen atoms in total. The summed E-state index contributed by atoms with van der Waals surface area (Å²) in [4.78, 5) is 14.5. The number of rotatable bonds is 5. The van der Waals surface area contributed by atoms with Crippen molar-refractivity contribution in [2.75, 3.05) is 38.2 Å². The van der Waals surface area contributed by atoms with Crippen LogP contribution in [-0.2, 0) is 6.42 Å². The van der Waals surface area contributed by atoms with Crippen LogP contribution >= 0.6 is 0 Å². The molecule has 0 radical (unpaired) electrons. The van der Waals surface area contributed by atoms with E-state index >= 15 is 0 Å². The van der Waals surface area contributed by atoms with Crippen molar-refractivity contribution < 1.29 is 9.22 Å². The Balaban J connectivity index is 1.26. The van der Waals surface area contributed by atoms with E-state index in [9.17, 15) is 5.26 Å². The molecule has 5 fully saturated rings. The zero-order valence-corrected chi connectivity index (χ0v) is 18.2. The lowest BCUT2D eigenvalue weighted by Gasteiger charge is -2.55. The molecule has 5 aliphatic rings. The molecule has 7 heteroatoms. The zero-order chi connectivity index (χ0) is 20.6. The van der Waals surface area contributed by atoms with Gasteiger partial charge in [-0.25, -0.2) is 4.98 Å². The first-order valence-corrected chi connectivity index (χ1v) is 11.5. The molecule has 0 aliphatic carbocycles. The van der Waals surface area contributed by atoms with Crippen molar-refractivity contribution in [3.8, 4) is 12.1 Å². The minimum atomic E-state index is 0.461. The molecule has 0 saturated carbocycles. The first-order valence-electron chi connectivity index (χ1n) is 11.5. The third kappa shape index (κ3) is 2.27. The van der Waals surface area contributed by atoms with Gasteiger partial charge >= 0.3 is 6.01 Å². The number of nitrogens with zero attached hydrogens (tertiary/aromatic N) is 6. The van der Waals surface area contributed by atoms with Crippen LogP contribution in [0.25, 0.3) is 0 Å². The first kappa shape index (κ1) is 18.6. The molecule has 0 aromatic carbocycles. The van der Waals surface area contributed by atoms with E-state index in [1.54, 1.807) is 0 Å². The van der Waals surface area contributed by atoms with Gasteiger partial charge in [0.2, 0.25) is 0 Å². The van der Waals surface area contributed by atoms with Crippen molar-refractivity contribution in [3.05, 3.63) is 22.9 Å². The number of aryl methyl sites for hydroxylation is 1. The fourth-order valence-electron chi connectivity index (χ4n) is 7.19. The quantitative estimate of drug-likeness (QED) is 0.421. The number of quaternary nitrogens is 1. The van der Waals surface area contributed by atoms with E-state index in [-0.39, 0.29) is 0 Å². The Morgan fingerprint density at radius 2 is 2.20 bits per heavy atom. The number of fused-ring (bicyclic) bond motifs is 1. The summed E-state index contributed by atoms with van der Waals surface area (Å²) >= 11 is 0. The van der Waals surface area contributed by atoms with E-state index in [4.69, 9.17) is 14.7 Å². The van der Waals surface area contributed by atoms with Crippen molar-refractivity contribution in [1.82, 2.24) is 14.9 Å². The molecule has 0 N–H and O–H groups in total. The Morgan fingerprint density at radius 3 is 2.93 bits per heavy atom. The largest absolute Gasteiger partial charge is 0.462 e. The number of anilines is 1. The summed E-state index contributed by atoms with van der Waals surface area (Å²) in [6, 6.07) is 5.94. The molecule has 0 bridgehead atoms. The highest BCUT2D eigenvalue weighted by atomic mass is 16.5. The summed E-state index contributed by atoms with van der Waals surface area (Å²) in [7, 11) is 2.17. The van der Waals surface area contributed by atoms with Gasteiger partial charge in [0, 0.05) is 23.4 Å². The maximum absolute atomic E-state index is 9.24. The van der Waals surface area contributed by atoms with Crippen LogP contribution in [0.4, 0.5) is 5.82 Å². The number of aromatic nitrogens is 2. The summed E-state index contributed by atoms with van der Waals surface area (Å²) in [6.07, 6.45) is 6.47. The predicted octanol–water partition coefficient (Wildman–Crippen LogP) is 1.81. The van der Waals surface area contributed by atoms with Gasteiger partial charge in [0.25, 0.3) is 0 Å². The monoisotopic (exact) mass is 407 g/mol. The minimum absolute atomic E-state index is 0.461. The molecule has 1 aromatic rings. The van der Waals surface area contributed by atoms with Gasteiger partial charge in [-0.2, -0.15) is 10.2 Å². The summed E-state index contributed by atoms with van der Waals surface area (Å²) < 4.78 is 7.39.